The van der Waals surface area contributed by atoms with Crippen molar-refractivity contribution < 1.29 is 47.0 Å². The van der Waals surface area contributed by atoms with Crippen LogP contribution in [0.2, 0.25) is 0 Å². The summed E-state index contributed by atoms with van der Waals surface area (Å²) in [6.07, 6.45) is 1.80. The van der Waals surface area contributed by atoms with Crippen LogP contribution in [0.5, 0.6) is 0 Å². The van der Waals surface area contributed by atoms with Crippen LogP contribution in [0.3, 0.4) is 0 Å². The van der Waals surface area contributed by atoms with E-state index in [0.29, 0.717) is 37.6 Å². The first kappa shape index (κ1) is 21.4. The van der Waals surface area contributed by atoms with Gasteiger partial charge in [0.05, 0.1) is 11.6 Å². The van der Waals surface area contributed by atoms with E-state index in [9.17, 15) is 14.9 Å². The van der Waals surface area contributed by atoms with Crippen LogP contribution in [-0.4, -0.2) is 49.7 Å². The summed E-state index contributed by atoms with van der Waals surface area (Å²) in [7, 11) is 1.72. The molecule has 0 atom stereocenters. The number of nitriles is 1. The van der Waals surface area contributed by atoms with E-state index in [-0.39, 0.29) is 38.5 Å². The molecule has 24 heavy (non-hydrogen) atoms. The average Bonchev–Trinajstić information content (AvgIpc) is 2.51. The van der Waals surface area contributed by atoms with Crippen LogP contribution >= 0.6 is 0 Å². The Labute approximate surface area is 167 Å². The van der Waals surface area contributed by atoms with Gasteiger partial charge in [-0.2, -0.15) is 10.3 Å². The van der Waals surface area contributed by atoms with Crippen molar-refractivity contribution >= 4 is 5.57 Å². The maximum Gasteiger partial charge on any atom is 0.123 e. The van der Waals surface area contributed by atoms with Crippen LogP contribution in [0.15, 0.2) is 29.8 Å². The van der Waals surface area contributed by atoms with E-state index in [0.717, 1.165) is 24.2 Å². The number of ether oxygens (including phenoxy) is 1. The second-order valence-corrected chi connectivity index (χ2v) is 5.50. The zero-order valence-corrected chi connectivity index (χ0v) is 16.6. The molecule has 2 aliphatic heterocycles. The Kier molecular flexibility index (Phi) is 9.83. The summed E-state index contributed by atoms with van der Waals surface area (Å²) >= 11 is 0. The molecule has 1 radical (unpaired) electrons. The number of allylic oxidation sites excluding steroid dienone is 1. The molecule has 0 amide bonds. The van der Waals surface area contributed by atoms with Crippen LogP contribution in [0.1, 0.15) is 18.4 Å². The molecule has 0 unspecified atom stereocenters. The zero-order valence-electron chi connectivity index (χ0n) is 13.8. The summed E-state index contributed by atoms with van der Waals surface area (Å²) in [6.45, 7) is 2.91. The Morgan fingerprint density at radius 3 is 2.25 bits per heavy atom. The molecule has 2 aliphatic rings. The molecule has 0 spiro atoms. The topological polar surface area (TPSA) is 70.6 Å². The first-order chi connectivity index (χ1) is 11.1. The molecule has 7 heteroatoms. The number of hydroxylamine groups is 2. The van der Waals surface area contributed by atoms with Crippen molar-refractivity contribution in [3.8, 4) is 6.07 Å². The second-order valence-electron chi connectivity index (χ2n) is 5.50. The first-order valence-electron chi connectivity index (χ1n) is 7.62. The second kappa shape index (κ2) is 11.0. The smallest absolute Gasteiger partial charge is 0.123 e. The average molecular weight is 407 g/mol. The molecular weight excluding hydrogens is 386 g/mol. The molecule has 1 N–H and O–H groups in total. The molecule has 5 nitrogen and oxygen atoms in total. The molecule has 2 fully saturated rings. The van der Waals surface area contributed by atoms with Gasteiger partial charge >= 0.3 is 0 Å². The third-order valence-electron chi connectivity index (χ3n) is 3.94. The SMILES string of the molecule is COC1C[N-]C1.N#CC(=C1CCN(O)CC1)c1ccc(F)cc1.[Y]. The van der Waals surface area contributed by atoms with Gasteiger partial charge in [0.2, 0.25) is 0 Å². The van der Waals surface area contributed by atoms with Gasteiger partial charge in [-0.05, 0) is 36.1 Å². The minimum atomic E-state index is -0.304. The Balaban J connectivity index is 0.000000349. The van der Waals surface area contributed by atoms with E-state index < -0.39 is 0 Å². The number of hydrogen-bond donors (Lipinski definition) is 1. The van der Waals surface area contributed by atoms with Gasteiger partial charge in [-0.25, -0.2) is 4.39 Å². The third-order valence-corrected chi connectivity index (χ3v) is 3.94. The summed E-state index contributed by atoms with van der Waals surface area (Å²) in [5.41, 5.74) is 2.39. The van der Waals surface area contributed by atoms with E-state index in [2.05, 4.69) is 11.4 Å². The maximum atomic E-state index is 12.8. The van der Waals surface area contributed by atoms with Crippen molar-refractivity contribution in [1.29, 1.82) is 5.26 Å². The van der Waals surface area contributed by atoms with Crippen LogP contribution < -0.4 is 0 Å². The van der Waals surface area contributed by atoms with Gasteiger partial charge in [-0.15, -0.1) is 13.1 Å². The fourth-order valence-electron chi connectivity index (χ4n) is 2.36. The standard InChI is InChI=1S/C13H13FN2O.C4H8NO.Y/c14-12-3-1-10(2-4-12)13(9-15)11-5-7-16(17)8-6-11;1-6-4-2-5-3-4;/h1-4,17H,5-8H2;4H,2-3H2,1H3;/q;-1;. The fraction of sp³-hybridized carbons (Fsp3) is 0.471. The molecule has 1 aromatic carbocycles. The predicted octanol–water partition coefficient (Wildman–Crippen LogP) is 2.97. The van der Waals surface area contributed by atoms with Crippen molar-refractivity contribution in [2.24, 2.45) is 0 Å². The van der Waals surface area contributed by atoms with Crippen molar-refractivity contribution in [3.05, 3.63) is 46.5 Å². The molecule has 1 aromatic rings. The number of methoxy groups -OCH3 is 1. The van der Waals surface area contributed by atoms with Gasteiger partial charge in [-0.3, -0.25) is 0 Å². The number of hydrogen-bond acceptors (Lipinski definition) is 4. The van der Waals surface area contributed by atoms with Gasteiger partial charge in [-0.1, -0.05) is 12.1 Å². The van der Waals surface area contributed by atoms with E-state index in [1.165, 1.54) is 17.2 Å². The minimum absolute atomic E-state index is 0. The number of nitrogens with zero attached hydrogens (tertiary/aromatic N) is 3. The number of halogens is 1. The zero-order chi connectivity index (χ0) is 16.7. The largest absolute Gasteiger partial charge is 0.658 e. The molecular formula is C17H21FN3O2Y-. The number of piperidine rings is 1. The molecule has 0 aliphatic carbocycles. The predicted molar refractivity (Wildman–Crippen MR) is 85.4 cm³/mol. The Hall–Kier alpha value is -0.676. The van der Waals surface area contributed by atoms with Gasteiger partial charge in [0.25, 0.3) is 0 Å². The number of rotatable bonds is 2. The van der Waals surface area contributed by atoms with Crippen molar-refractivity contribution in [2.45, 2.75) is 18.9 Å². The summed E-state index contributed by atoms with van der Waals surface area (Å²) in [4.78, 5) is 0. The summed E-state index contributed by atoms with van der Waals surface area (Å²) in [5.74, 6) is -0.304. The van der Waals surface area contributed by atoms with Crippen LogP contribution in [0.25, 0.3) is 10.9 Å². The van der Waals surface area contributed by atoms with Crippen molar-refractivity contribution in [1.82, 2.24) is 5.06 Å². The van der Waals surface area contributed by atoms with E-state index in [1.807, 2.05) is 0 Å². The van der Waals surface area contributed by atoms with E-state index in [4.69, 9.17) is 4.74 Å². The summed E-state index contributed by atoms with van der Waals surface area (Å²) < 4.78 is 17.7. The van der Waals surface area contributed by atoms with Gasteiger partial charge < -0.3 is 15.3 Å². The van der Waals surface area contributed by atoms with E-state index >= 15 is 0 Å². The van der Waals surface area contributed by atoms with Crippen molar-refractivity contribution in [2.75, 3.05) is 33.3 Å². The fourth-order valence-corrected chi connectivity index (χ4v) is 2.36. The van der Waals surface area contributed by atoms with Gasteiger partial charge in [0, 0.05) is 59.0 Å². The summed E-state index contributed by atoms with van der Waals surface area (Å²) in [6, 6.07) is 8.13. The number of benzene rings is 1. The molecule has 2 saturated heterocycles. The molecule has 0 bridgehead atoms. The first-order valence-corrected chi connectivity index (χ1v) is 7.62. The molecule has 0 aromatic heterocycles. The molecule has 127 valence electrons. The van der Waals surface area contributed by atoms with Crippen LogP contribution in [0.4, 0.5) is 4.39 Å². The monoisotopic (exact) mass is 407 g/mol. The van der Waals surface area contributed by atoms with E-state index in [1.54, 1.807) is 19.2 Å². The molecule has 2 heterocycles. The maximum absolute atomic E-state index is 12.8. The van der Waals surface area contributed by atoms with Crippen LogP contribution in [0, 0.1) is 17.1 Å². The summed E-state index contributed by atoms with van der Waals surface area (Å²) in [5, 5.41) is 23.7. The quantitative estimate of drug-likeness (QED) is 0.766. The van der Waals surface area contributed by atoms with Crippen LogP contribution in [-0.2, 0) is 37.4 Å². The van der Waals surface area contributed by atoms with Gasteiger partial charge in [0.15, 0.2) is 0 Å². The third kappa shape index (κ3) is 6.32. The minimum Gasteiger partial charge on any atom is -0.658 e. The van der Waals surface area contributed by atoms with Gasteiger partial charge in [0.1, 0.15) is 5.82 Å². The molecule has 3 rings (SSSR count). The molecule has 0 saturated carbocycles. The van der Waals surface area contributed by atoms with Crippen molar-refractivity contribution in [3.63, 3.8) is 0 Å². The Morgan fingerprint density at radius 2 is 1.88 bits per heavy atom. The Morgan fingerprint density at radius 1 is 1.29 bits per heavy atom. The normalized spacial score (nSPS) is 17.7. The Bertz CT molecular complexity index is 570.